The largest absolute Gasteiger partial charge is 0.487 e. The maximum atomic E-state index is 12.3. The number of aromatic nitrogens is 2. The SMILES string of the molecule is Cc1ccc(NC(=O)c2ccc(OCc3cn4ccccc4n3)cc2)cc1. The number of nitrogens with one attached hydrogen (secondary N) is 1. The van der Waals surface area contributed by atoms with Crippen LogP contribution in [0.2, 0.25) is 0 Å². The van der Waals surface area contributed by atoms with E-state index in [2.05, 4.69) is 10.3 Å². The number of nitrogens with zero attached hydrogens (tertiary/aromatic N) is 2. The number of hydrogen-bond donors (Lipinski definition) is 1. The number of fused-ring (bicyclic) bond motifs is 1. The van der Waals surface area contributed by atoms with Gasteiger partial charge in [-0.1, -0.05) is 23.8 Å². The van der Waals surface area contributed by atoms with Crippen LogP contribution in [0.25, 0.3) is 5.65 Å². The first-order chi connectivity index (χ1) is 13.2. The van der Waals surface area contributed by atoms with Crippen molar-refractivity contribution in [3.05, 3.63) is 95.9 Å². The second-order valence-corrected chi connectivity index (χ2v) is 6.33. The zero-order valence-electron chi connectivity index (χ0n) is 14.9. The summed E-state index contributed by atoms with van der Waals surface area (Å²) in [7, 11) is 0. The Kier molecular flexibility index (Phi) is 4.58. The minimum Gasteiger partial charge on any atom is -0.487 e. The minimum atomic E-state index is -0.147. The average molecular weight is 357 g/mol. The molecule has 2 heterocycles. The van der Waals surface area contributed by atoms with Gasteiger partial charge in [0.05, 0.1) is 5.69 Å². The number of carbonyl (C=O) groups excluding carboxylic acids is 1. The van der Waals surface area contributed by atoms with E-state index in [1.165, 1.54) is 0 Å². The number of hydrogen-bond acceptors (Lipinski definition) is 3. The van der Waals surface area contributed by atoms with Crippen LogP contribution in [0.4, 0.5) is 5.69 Å². The molecule has 5 heteroatoms. The number of benzene rings is 2. The molecule has 27 heavy (non-hydrogen) atoms. The fourth-order valence-electron chi connectivity index (χ4n) is 2.76. The van der Waals surface area contributed by atoms with Crippen LogP contribution in [0.3, 0.4) is 0 Å². The van der Waals surface area contributed by atoms with Crippen LogP contribution in [0.1, 0.15) is 21.6 Å². The zero-order valence-corrected chi connectivity index (χ0v) is 14.9. The van der Waals surface area contributed by atoms with Crippen LogP contribution in [-0.4, -0.2) is 15.3 Å². The Bertz CT molecular complexity index is 1030. The molecular formula is C22H19N3O2. The molecule has 0 aliphatic carbocycles. The monoisotopic (exact) mass is 357 g/mol. The van der Waals surface area contributed by atoms with Gasteiger partial charge < -0.3 is 14.5 Å². The summed E-state index contributed by atoms with van der Waals surface area (Å²) < 4.78 is 7.74. The third-order valence-electron chi connectivity index (χ3n) is 4.23. The van der Waals surface area contributed by atoms with Crippen molar-refractivity contribution in [2.75, 3.05) is 5.32 Å². The van der Waals surface area contributed by atoms with Gasteiger partial charge in [-0.2, -0.15) is 0 Å². The summed E-state index contributed by atoms with van der Waals surface area (Å²) in [5.74, 6) is 0.546. The molecule has 0 aliphatic heterocycles. The van der Waals surface area contributed by atoms with Gasteiger partial charge in [0, 0.05) is 23.6 Å². The maximum absolute atomic E-state index is 12.3. The van der Waals surface area contributed by atoms with Crippen LogP contribution in [0, 0.1) is 6.92 Å². The van der Waals surface area contributed by atoms with Gasteiger partial charge in [-0.05, 0) is 55.5 Å². The summed E-state index contributed by atoms with van der Waals surface area (Å²) in [6, 6.07) is 20.7. The van der Waals surface area contributed by atoms with E-state index in [4.69, 9.17) is 4.74 Å². The quantitative estimate of drug-likeness (QED) is 0.573. The lowest BCUT2D eigenvalue weighted by Gasteiger charge is -2.07. The van der Waals surface area contributed by atoms with Crippen molar-refractivity contribution in [1.29, 1.82) is 0 Å². The highest BCUT2D eigenvalue weighted by Crippen LogP contribution is 2.16. The summed E-state index contributed by atoms with van der Waals surface area (Å²) in [6.07, 6.45) is 3.89. The second-order valence-electron chi connectivity index (χ2n) is 6.33. The molecule has 0 unspecified atom stereocenters. The van der Waals surface area contributed by atoms with Crippen molar-refractivity contribution >= 4 is 17.2 Å². The molecule has 1 amide bonds. The van der Waals surface area contributed by atoms with E-state index in [9.17, 15) is 4.79 Å². The molecular weight excluding hydrogens is 338 g/mol. The van der Waals surface area contributed by atoms with Gasteiger partial charge in [0.2, 0.25) is 0 Å². The van der Waals surface area contributed by atoms with Crippen LogP contribution in [-0.2, 0) is 6.61 Å². The number of anilines is 1. The Morgan fingerprint density at radius 3 is 2.56 bits per heavy atom. The molecule has 0 spiro atoms. The van der Waals surface area contributed by atoms with Gasteiger partial charge in [-0.3, -0.25) is 4.79 Å². The highest BCUT2D eigenvalue weighted by molar-refractivity contribution is 6.04. The first-order valence-corrected chi connectivity index (χ1v) is 8.71. The molecule has 0 atom stereocenters. The third-order valence-corrected chi connectivity index (χ3v) is 4.23. The van der Waals surface area contributed by atoms with Crippen LogP contribution >= 0.6 is 0 Å². The highest BCUT2D eigenvalue weighted by atomic mass is 16.5. The summed E-state index contributed by atoms with van der Waals surface area (Å²) in [5, 5.41) is 2.89. The third kappa shape index (κ3) is 3.98. The molecule has 4 aromatic rings. The lowest BCUT2D eigenvalue weighted by atomic mass is 10.2. The van der Waals surface area contributed by atoms with Crippen molar-refractivity contribution < 1.29 is 9.53 Å². The number of amides is 1. The fraction of sp³-hybridized carbons (Fsp3) is 0.0909. The van der Waals surface area contributed by atoms with E-state index in [0.29, 0.717) is 17.9 Å². The molecule has 0 bridgehead atoms. The predicted molar refractivity (Wildman–Crippen MR) is 105 cm³/mol. The molecule has 2 aromatic heterocycles. The van der Waals surface area contributed by atoms with E-state index in [1.807, 2.05) is 66.2 Å². The van der Waals surface area contributed by atoms with E-state index >= 15 is 0 Å². The Balaban J connectivity index is 1.38. The number of ether oxygens (including phenoxy) is 1. The van der Waals surface area contributed by atoms with E-state index < -0.39 is 0 Å². The Morgan fingerprint density at radius 2 is 1.81 bits per heavy atom. The molecule has 0 radical (unpaired) electrons. The maximum Gasteiger partial charge on any atom is 0.255 e. The topological polar surface area (TPSA) is 55.6 Å². The molecule has 0 aliphatic rings. The molecule has 5 nitrogen and oxygen atoms in total. The van der Waals surface area contributed by atoms with E-state index in [-0.39, 0.29) is 5.91 Å². The summed E-state index contributed by atoms with van der Waals surface area (Å²) >= 11 is 0. The minimum absolute atomic E-state index is 0.147. The summed E-state index contributed by atoms with van der Waals surface area (Å²) in [4.78, 5) is 16.8. The molecule has 0 saturated heterocycles. The van der Waals surface area contributed by atoms with Crippen LogP contribution < -0.4 is 10.1 Å². The number of imidazole rings is 1. The van der Waals surface area contributed by atoms with E-state index in [0.717, 1.165) is 22.6 Å². The van der Waals surface area contributed by atoms with Gasteiger partial charge in [0.15, 0.2) is 0 Å². The number of aryl methyl sites for hydroxylation is 1. The van der Waals surface area contributed by atoms with Crippen LogP contribution in [0.5, 0.6) is 5.75 Å². The highest BCUT2D eigenvalue weighted by Gasteiger charge is 2.07. The second kappa shape index (κ2) is 7.33. The van der Waals surface area contributed by atoms with Gasteiger partial charge >= 0.3 is 0 Å². The average Bonchev–Trinajstić information content (AvgIpc) is 3.11. The van der Waals surface area contributed by atoms with Crippen molar-refractivity contribution in [1.82, 2.24) is 9.38 Å². The Morgan fingerprint density at radius 1 is 1.04 bits per heavy atom. The van der Waals surface area contributed by atoms with Gasteiger partial charge in [0.25, 0.3) is 5.91 Å². The number of carbonyl (C=O) groups is 1. The molecule has 134 valence electrons. The standard InChI is InChI=1S/C22H19N3O2/c1-16-5-9-18(10-6-16)24-22(26)17-7-11-20(12-8-17)27-15-19-14-25-13-3-2-4-21(25)23-19/h2-14H,15H2,1H3,(H,24,26). The van der Waals surface area contributed by atoms with Crippen molar-refractivity contribution in [2.24, 2.45) is 0 Å². The predicted octanol–water partition coefficient (Wildman–Crippen LogP) is 4.47. The van der Waals surface area contributed by atoms with Gasteiger partial charge in [-0.15, -0.1) is 0 Å². The molecule has 0 saturated carbocycles. The lowest BCUT2D eigenvalue weighted by molar-refractivity contribution is 0.102. The summed E-state index contributed by atoms with van der Waals surface area (Å²) in [6.45, 7) is 2.38. The fourth-order valence-corrected chi connectivity index (χ4v) is 2.76. The zero-order chi connectivity index (χ0) is 18.6. The Labute approximate surface area is 157 Å². The molecule has 4 rings (SSSR count). The smallest absolute Gasteiger partial charge is 0.255 e. The lowest BCUT2D eigenvalue weighted by Crippen LogP contribution is -2.11. The van der Waals surface area contributed by atoms with E-state index in [1.54, 1.807) is 24.3 Å². The summed E-state index contributed by atoms with van der Waals surface area (Å²) in [5.41, 5.74) is 4.25. The molecule has 0 fully saturated rings. The van der Waals surface area contributed by atoms with Crippen molar-refractivity contribution in [3.8, 4) is 5.75 Å². The van der Waals surface area contributed by atoms with Gasteiger partial charge in [-0.25, -0.2) is 4.98 Å². The van der Waals surface area contributed by atoms with Gasteiger partial charge in [0.1, 0.15) is 18.0 Å². The van der Waals surface area contributed by atoms with Crippen LogP contribution in [0.15, 0.2) is 79.1 Å². The van der Waals surface area contributed by atoms with Crippen molar-refractivity contribution in [2.45, 2.75) is 13.5 Å². The molecule has 2 aromatic carbocycles. The molecule has 1 N–H and O–H groups in total. The number of pyridine rings is 1. The normalized spacial score (nSPS) is 10.7. The van der Waals surface area contributed by atoms with Crippen molar-refractivity contribution in [3.63, 3.8) is 0 Å². The first kappa shape index (κ1) is 16.8. The number of rotatable bonds is 5. The Hall–Kier alpha value is -3.60. The first-order valence-electron chi connectivity index (χ1n) is 8.71.